The summed E-state index contributed by atoms with van der Waals surface area (Å²) >= 11 is 0. The van der Waals surface area contributed by atoms with Crippen LogP contribution in [-0.4, -0.2) is 35.6 Å². The first-order valence-corrected chi connectivity index (χ1v) is 6.90. The van der Waals surface area contributed by atoms with Crippen LogP contribution in [0.5, 0.6) is 0 Å². The first-order chi connectivity index (χ1) is 7.38. The molecule has 0 aromatic rings. The summed E-state index contributed by atoms with van der Waals surface area (Å²) in [4.78, 5) is 2.61. The van der Waals surface area contributed by atoms with Crippen molar-refractivity contribution in [2.45, 2.75) is 85.5 Å². The zero-order valence-electron chi connectivity index (χ0n) is 12.4. The molecule has 0 spiro atoms. The molecule has 0 fully saturated rings. The number of nitrogens with zero attached hydrogens (tertiary/aromatic N) is 1. The van der Waals surface area contributed by atoms with E-state index in [4.69, 9.17) is 0 Å². The Hall–Kier alpha value is -0.0800. The summed E-state index contributed by atoms with van der Waals surface area (Å²) in [6.45, 7) is 17.1. The van der Waals surface area contributed by atoms with E-state index in [1.54, 1.807) is 0 Å². The number of rotatable bonds is 8. The number of hydrogen-bond donors (Lipinski definition) is 1. The Balaban J connectivity index is 4.02. The van der Waals surface area contributed by atoms with Crippen molar-refractivity contribution < 1.29 is 0 Å². The molecule has 98 valence electrons. The summed E-state index contributed by atoms with van der Waals surface area (Å²) in [5.41, 5.74) is 0. The second-order valence-corrected chi connectivity index (χ2v) is 5.60. The lowest BCUT2D eigenvalue weighted by molar-refractivity contribution is 0.152. The highest BCUT2D eigenvalue weighted by molar-refractivity contribution is 4.73. The molecule has 0 aliphatic heterocycles. The van der Waals surface area contributed by atoms with Gasteiger partial charge < -0.3 is 5.32 Å². The van der Waals surface area contributed by atoms with Gasteiger partial charge in [-0.1, -0.05) is 20.8 Å². The van der Waals surface area contributed by atoms with Crippen LogP contribution >= 0.6 is 0 Å². The molecule has 1 N–H and O–H groups in total. The van der Waals surface area contributed by atoms with Crippen molar-refractivity contribution in [3.8, 4) is 0 Å². The van der Waals surface area contributed by atoms with Crippen LogP contribution in [0.1, 0.15) is 61.3 Å². The Morgan fingerprint density at radius 2 is 1.56 bits per heavy atom. The average Bonchev–Trinajstić information content (AvgIpc) is 2.15. The molecule has 0 saturated heterocycles. The van der Waals surface area contributed by atoms with E-state index < -0.39 is 0 Å². The third-order valence-electron chi connectivity index (χ3n) is 3.26. The van der Waals surface area contributed by atoms with Crippen molar-refractivity contribution in [2.75, 3.05) is 6.54 Å². The van der Waals surface area contributed by atoms with E-state index in [9.17, 15) is 0 Å². The first-order valence-electron chi connectivity index (χ1n) is 6.90. The fraction of sp³-hybridized carbons (Fsp3) is 1.00. The van der Waals surface area contributed by atoms with Gasteiger partial charge in [0.1, 0.15) is 0 Å². The van der Waals surface area contributed by atoms with Gasteiger partial charge in [-0.15, -0.1) is 0 Å². The molecule has 0 aromatic carbocycles. The van der Waals surface area contributed by atoms with Crippen LogP contribution in [0.4, 0.5) is 0 Å². The van der Waals surface area contributed by atoms with Crippen LogP contribution in [0, 0.1) is 0 Å². The zero-order valence-corrected chi connectivity index (χ0v) is 12.4. The van der Waals surface area contributed by atoms with Crippen molar-refractivity contribution in [1.82, 2.24) is 10.2 Å². The maximum atomic E-state index is 3.57. The van der Waals surface area contributed by atoms with E-state index in [0.717, 1.165) is 0 Å². The molecule has 0 aliphatic rings. The summed E-state index contributed by atoms with van der Waals surface area (Å²) in [6, 6.07) is 2.56. The largest absolute Gasteiger partial charge is 0.312 e. The second-order valence-electron chi connectivity index (χ2n) is 5.60. The van der Waals surface area contributed by atoms with Gasteiger partial charge in [0.05, 0.1) is 0 Å². The summed E-state index contributed by atoms with van der Waals surface area (Å²) in [7, 11) is 0. The molecule has 0 heterocycles. The van der Waals surface area contributed by atoms with Crippen molar-refractivity contribution >= 4 is 0 Å². The molecule has 0 aromatic heterocycles. The maximum Gasteiger partial charge on any atom is 0.00670 e. The van der Waals surface area contributed by atoms with Gasteiger partial charge in [0.2, 0.25) is 0 Å². The molecular formula is C14H32N2. The molecule has 0 aliphatic carbocycles. The minimum atomic E-state index is 0.589. The number of hydrogen-bond acceptors (Lipinski definition) is 2. The minimum absolute atomic E-state index is 0.589. The van der Waals surface area contributed by atoms with Crippen molar-refractivity contribution in [3.63, 3.8) is 0 Å². The molecule has 16 heavy (non-hydrogen) atoms. The summed E-state index contributed by atoms with van der Waals surface area (Å²) < 4.78 is 0. The summed E-state index contributed by atoms with van der Waals surface area (Å²) in [5.74, 6) is 0. The van der Waals surface area contributed by atoms with E-state index in [0.29, 0.717) is 24.2 Å². The lowest BCUT2D eigenvalue weighted by atomic mass is 10.1. The normalized spacial score (nSPS) is 16.1. The highest BCUT2D eigenvalue weighted by Gasteiger charge is 2.16. The molecule has 0 bridgehead atoms. The van der Waals surface area contributed by atoms with Gasteiger partial charge in [-0.2, -0.15) is 0 Å². The predicted octanol–water partition coefficient (Wildman–Crippen LogP) is 3.27. The van der Waals surface area contributed by atoms with Gasteiger partial charge in [-0.25, -0.2) is 0 Å². The standard InChI is InChI=1S/C14H32N2/c1-8-14(7)16(12(4)5)10-9-13(6)15-11(2)3/h11-15H,8-10H2,1-7H3. The Kier molecular flexibility index (Phi) is 8.04. The fourth-order valence-electron chi connectivity index (χ4n) is 2.22. The van der Waals surface area contributed by atoms with Crippen LogP contribution in [-0.2, 0) is 0 Å². The maximum absolute atomic E-state index is 3.57. The van der Waals surface area contributed by atoms with Crippen LogP contribution in [0.3, 0.4) is 0 Å². The second kappa shape index (κ2) is 8.08. The molecule has 0 saturated carbocycles. The van der Waals surface area contributed by atoms with E-state index >= 15 is 0 Å². The molecule has 2 unspecified atom stereocenters. The third-order valence-corrected chi connectivity index (χ3v) is 3.26. The van der Waals surface area contributed by atoms with Gasteiger partial charge in [-0.05, 0) is 40.5 Å². The Bertz CT molecular complexity index is 166. The first kappa shape index (κ1) is 15.9. The van der Waals surface area contributed by atoms with Crippen molar-refractivity contribution in [3.05, 3.63) is 0 Å². The Morgan fingerprint density at radius 3 is 1.94 bits per heavy atom. The lowest BCUT2D eigenvalue weighted by Crippen LogP contribution is -2.42. The molecule has 2 heteroatoms. The van der Waals surface area contributed by atoms with Crippen molar-refractivity contribution in [1.29, 1.82) is 0 Å². The highest BCUT2D eigenvalue weighted by atomic mass is 15.2. The predicted molar refractivity (Wildman–Crippen MR) is 73.9 cm³/mol. The number of nitrogens with one attached hydrogen (secondary N) is 1. The molecule has 2 nitrogen and oxygen atoms in total. The van der Waals surface area contributed by atoms with Crippen molar-refractivity contribution in [2.24, 2.45) is 0 Å². The fourth-order valence-corrected chi connectivity index (χ4v) is 2.22. The molecule has 0 rings (SSSR count). The van der Waals surface area contributed by atoms with Gasteiger partial charge >= 0.3 is 0 Å². The van der Waals surface area contributed by atoms with Crippen LogP contribution < -0.4 is 5.32 Å². The zero-order chi connectivity index (χ0) is 12.7. The van der Waals surface area contributed by atoms with Gasteiger partial charge in [0.25, 0.3) is 0 Å². The third kappa shape index (κ3) is 6.49. The Morgan fingerprint density at radius 1 is 1.00 bits per heavy atom. The summed E-state index contributed by atoms with van der Waals surface area (Å²) in [6.07, 6.45) is 2.48. The highest BCUT2D eigenvalue weighted by Crippen LogP contribution is 2.10. The van der Waals surface area contributed by atoms with Gasteiger partial charge in [0, 0.05) is 30.7 Å². The molecule has 0 amide bonds. The molecule has 2 atom stereocenters. The van der Waals surface area contributed by atoms with E-state index in [2.05, 4.69) is 58.7 Å². The van der Waals surface area contributed by atoms with Gasteiger partial charge in [0.15, 0.2) is 0 Å². The Labute approximate surface area is 103 Å². The molecular weight excluding hydrogens is 196 g/mol. The van der Waals surface area contributed by atoms with Crippen LogP contribution in [0.2, 0.25) is 0 Å². The monoisotopic (exact) mass is 228 g/mol. The smallest absolute Gasteiger partial charge is 0.00670 e. The minimum Gasteiger partial charge on any atom is -0.312 e. The average molecular weight is 228 g/mol. The van der Waals surface area contributed by atoms with E-state index in [1.807, 2.05) is 0 Å². The van der Waals surface area contributed by atoms with E-state index in [-0.39, 0.29) is 0 Å². The lowest BCUT2D eigenvalue weighted by Gasteiger charge is -2.33. The van der Waals surface area contributed by atoms with Crippen LogP contribution in [0.25, 0.3) is 0 Å². The quantitative estimate of drug-likeness (QED) is 0.686. The summed E-state index contributed by atoms with van der Waals surface area (Å²) in [5, 5.41) is 3.57. The van der Waals surface area contributed by atoms with Gasteiger partial charge in [-0.3, -0.25) is 4.90 Å². The van der Waals surface area contributed by atoms with Crippen LogP contribution in [0.15, 0.2) is 0 Å². The van der Waals surface area contributed by atoms with E-state index in [1.165, 1.54) is 19.4 Å². The SMILES string of the molecule is CCC(C)N(CCC(C)NC(C)C)C(C)C. The topological polar surface area (TPSA) is 15.3 Å². The molecule has 0 radical (unpaired) electrons.